The van der Waals surface area contributed by atoms with Gasteiger partial charge in [0.25, 0.3) is 5.91 Å². The number of para-hydroxylation sites is 1. The number of nitrogens with zero attached hydrogens (tertiary/aromatic N) is 4. The highest BCUT2D eigenvalue weighted by atomic mass is 16.4. The van der Waals surface area contributed by atoms with Crippen LogP contribution in [-0.4, -0.2) is 23.9 Å². The highest BCUT2D eigenvalue weighted by molar-refractivity contribution is 6.31. The van der Waals surface area contributed by atoms with Crippen LogP contribution in [-0.2, 0) is 4.79 Å². The molecule has 2 N–H and O–H groups in total. The number of amides is 1. The Morgan fingerprint density at radius 2 is 2.33 bits per heavy atom. The summed E-state index contributed by atoms with van der Waals surface area (Å²) in [5.74, 6) is 4.83. The molecule has 0 unspecified atom stereocenters. The lowest BCUT2D eigenvalue weighted by Crippen LogP contribution is -2.13. The van der Waals surface area contributed by atoms with E-state index in [-0.39, 0.29) is 6.54 Å². The summed E-state index contributed by atoms with van der Waals surface area (Å²) in [6.45, 7) is 0.0525. The number of hydrogen-bond donors (Lipinski definition) is 2. The van der Waals surface area contributed by atoms with E-state index >= 15 is 0 Å². The van der Waals surface area contributed by atoms with Gasteiger partial charge in [0.15, 0.2) is 0 Å². The first kappa shape index (κ1) is 13.1. The molecule has 0 aromatic heterocycles. The Balaban J connectivity index is 2.87. The van der Waals surface area contributed by atoms with Crippen LogP contribution in [0.2, 0.25) is 0 Å². The number of anilines is 1. The van der Waals surface area contributed by atoms with Gasteiger partial charge in [0, 0.05) is 10.5 Å². The van der Waals surface area contributed by atoms with Gasteiger partial charge in [0.05, 0.1) is 12.2 Å². The second-order valence-electron chi connectivity index (χ2n) is 2.97. The molecule has 0 bridgehead atoms. The molecule has 0 fully saturated rings. The van der Waals surface area contributed by atoms with Gasteiger partial charge >= 0.3 is 0 Å². The number of carbonyl (C=O) groups is 1. The molecule has 0 spiro atoms. The van der Waals surface area contributed by atoms with Crippen molar-refractivity contribution in [1.82, 2.24) is 0 Å². The molecule has 7 heteroatoms. The van der Waals surface area contributed by atoms with Crippen molar-refractivity contribution in [3.63, 3.8) is 0 Å². The molecular weight excluding hydrogens is 234 g/mol. The van der Waals surface area contributed by atoms with Crippen molar-refractivity contribution in [3.05, 3.63) is 40.3 Å². The zero-order valence-corrected chi connectivity index (χ0v) is 9.24. The molecule has 0 saturated carbocycles. The SMILES string of the molecule is [N-]=[N+]=NCC#Cc1ccccc1NC(=O)C=NO. The number of oxime groups is 1. The molecule has 0 saturated heterocycles. The van der Waals surface area contributed by atoms with E-state index in [1.54, 1.807) is 24.3 Å². The monoisotopic (exact) mass is 243 g/mol. The van der Waals surface area contributed by atoms with Gasteiger partial charge in [-0.25, -0.2) is 0 Å². The van der Waals surface area contributed by atoms with Crippen molar-refractivity contribution in [2.24, 2.45) is 10.3 Å². The third-order valence-corrected chi connectivity index (χ3v) is 1.80. The standard InChI is InChI=1S/C11H9N5O2/c12-16-13-7-3-5-9-4-1-2-6-10(9)15-11(17)8-14-18/h1-2,4,6,8,18H,7H2,(H,15,17). The summed E-state index contributed by atoms with van der Waals surface area (Å²) in [5.41, 5.74) is 9.15. The fourth-order valence-corrected chi connectivity index (χ4v) is 1.12. The van der Waals surface area contributed by atoms with Gasteiger partial charge in [-0.05, 0) is 17.7 Å². The van der Waals surface area contributed by atoms with E-state index in [2.05, 4.69) is 32.3 Å². The molecule has 0 radical (unpaired) electrons. The van der Waals surface area contributed by atoms with E-state index in [0.29, 0.717) is 11.3 Å². The minimum Gasteiger partial charge on any atom is -0.411 e. The summed E-state index contributed by atoms with van der Waals surface area (Å²) in [7, 11) is 0. The van der Waals surface area contributed by atoms with E-state index in [1.165, 1.54) is 0 Å². The van der Waals surface area contributed by atoms with E-state index in [4.69, 9.17) is 10.7 Å². The zero-order chi connectivity index (χ0) is 13.2. The first-order chi connectivity index (χ1) is 8.77. The van der Waals surface area contributed by atoms with Gasteiger partial charge in [-0.1, -0.05) is 34.2 Å². The van der Waals surface area contributed by atoms with Crippen molar-refractivity contribution in [2.75, 3.05) is 11.9 Å². The van der Waals surface area contributed by atoms with Gasteiger partial charge in [-0.3, -0.25) is 4.79 Å². The second kappa shape index (κ2) is 7.33. The van der Waals surface area contributed by atoms with Crippen molar-refractivity contribution >= 4 is 17.8 Å². The molecule has 1 aromatic carbocycles. The molecule has 0 atom stereocenters. The van der Waals surface area contributed by atoms with Gasteiger partial charge in [-0.15, -0.1) is 0 Å². The Hall–Kier alpha value is -2.97. The van der Waals surface area contributed by atoms with Crippen molar-refractivity contribution in [1.29, 1.82) is 0 Å². The van der Waals surface area contributed by atoms with E-state index in [0.717, 1.165) is 6.21 Å². The summed E-state index contributed by atoms with van der Waals surface area (Å²) in [4.78, 5) is 13.8. The normalized spacial score (nSPS) is 9.11. The maximum absolute atomic E-state index is 11.2. The molecule has 1 aromatic rings. The number of carbonyl (C=O) groups excluding carboxylic acids is 1. The van der Waals surface area contributed by atoms with Crippen LogP contribution in [0.5, 0.6) is 0 Å². The lowest BCUT2D eigenvalue weighted by atomic mass is 10.2. The Bertz CT molecular complexity index is 564. The third-order valence-electron chi connectivity index (χ3n) is 1.80. The minimum atomic E-state index is -0.568. The summed E-state index contributed by atoms with van der Waals surface area (Å²) in [6, 6.07) is 6.84. The van der Waals surface area contributed by atoms with Crippen molar-refractivity contribution < 1.29 is 10.0 Å². The number of nitrogens with one attached hydrogen (secondary N) is 1. The molecule has 90 valence electrons. The van der Waals surface area contributed by atoms with Crippen molar-refractivity contribution in [3.8, 4) is 11.8 Å². The summed E-state index contributed by atoms with van der Waals surface area (Å²) >= 11 is 0. The fraction of sp³-hybridized carbons (Fsp3) is 0.0909. The molecule has 1 amide bonds. The maximum atomic E-state index is 11.2. The topological polar surface area (TPSA) is 110 Å². The Morgan fingerprint density at radius 3 is 3.06 bits per heavy atom. The van der Waals surface area contributed by atoms with E-state index in [9.17, 15) is 4.79 Å². The quantitative estimate of drug-likeness (QED) is 0.160. The number of azide groups is 1. The largest absolute Gasteiger partial charge is 0.411 e. The predicted octanol–water partition coefficient (Wildman–Crippen LogP) is 1.75. The van der Waals surface area contributed by atoms with Crippen LogP contribution in [0, 0.1) is 11.8 Å². The molecule has 7 nitrogen and oxygen atoms in total. The molecule has 0 aliphatic heterocycles. The Kier molecular flexibility index (Phi) is 5.33. The maximum Gasteiger partial charge on any atom is 0.270 e. The minimum absolute atomic E-state index is 0.0525. The van der Waals surface area contributed by atoms with E-state index in [1.807, 2.05) is 0 Å². The third kappa shape index (κ3) is 4.26. The van der Waals surface area contributed by atoms with Crippen LogP contribution in [0.15, 0.2) is 34.5 Å². The summed E-state index contributed by atoms with van der Waals surface area (Å²) in [5, 5.41) is 16.6. The van der Waals surface area contributed by atoms with Crippen LogP contribution < -0.4 is 5.32 Å². The number of hydrogen-bond acceptors (Lipinski definition) is 4. The van der Waals surface area contributed by atoms with Gasteiger partial charge in [0.2, 0.25) is 0 Å². The Morgan fingerprint density at radius 1 is 1.56 bits per heavy atom. The average Bonchev–Trinajstić information content (AvgIpc) is 2.37. The molecular formula is C11H9N5O2. The lowest BCUT2D eigenvalue weighted by Gasteiger charge is -2.03. The number of rotatable bonds is 3. The lowest BCUT2D eigenvalue weighted by molar-refractivity contribution is -0.110. The van der Waals surface area contributed by atoms with E-state index < -0.39 is 5.91 Å². The highest BCUT2D eigenvalue weighted by Gasteiger charge is 2.02. The van der Waals surface area contributed by atoms with Crippen molar-refractivity contribution in [2.45, 2.75) is 0 Å². The van der Waals surface area contributed by atoms with Crippen LogP contribution >= 0.6 is 0 Å². The summed E-state index contributed by atoms with van der Waals surface area (Å²) < 4.78 is 0. The highest BCUT2D eigenvalue weighted by Crippen LogP contribution is 2.13. The molecule has 0 heterocycles. The number of benzene rings is 1. The van der Waals surface area contributed by atoms with Crippen LogP contribution in [0.3, 0.4) is 0 Å². The van der Waals surface area contributed by atoms with Crippen LogP contribution in [0.25, 0.3) is 10.4 Å². The average molecular weight is 243 g/mol. The smallest absolute Gasteiger partial charge is 0.270 e. The van der Waals surface area contributed by atoms with Crippen LogP contribution in [0.4, 0.5) is 5.69 Å². The fourth-order valence-electron chi connectivity index (χ4n) is 1.12. The van der Waals surface area contributed by atoms with Crippen LogP contribution in [0.1, 0.15) is 5.56 Å². The predicted molar refractivity (Wildman–Crippen MR) is 66.2 cm³/mol. The molecule has 18 heavy (non-hydrogen) atoms. The molecule has 0 aliphatic carbocycles. The molecule has 1 rings (SSSR count). The molecule has 0 aliphatic rings. The first-order valence-electron chi connectivity index (χ1n) is 4.85. The Labute approximate surface area is 103 Å². The van der Waals surface area contributed by atoms with Gasteiger partial charge in [0.1, 0.15) is 6.21 Å². The second-order valence-corrected chi connectivity index (χ2v) is 2.97. The first-order valence-corrected chi connectivity index (χ1v) is 4.85. The summed E-state index contributed by atoms with van der Waals surface area (Å²) in [6.07, 6.45) is 0.740. The van der Waals surface area contributed by atoms with Gasteiger partial charge in [-0.2, -0.15) is 0 Å². The van der Waals surface area contributed by atoms with Gasteiger partial charge < -0.3 is 10.5 Å². The zero-order valence-electron chi connectivity index (χ0n) is 9.24.